The summed E-state index contributed by atoms with van der Waals surface area (Å²) in [4.78, 5) is 25.3. The molecular formula is C18H24N2O5. The molecule has 25 heavy (non-hydrogen) atoms. The van der Waals surface area contributed by atoms with Gasteiger partial charge >= 0.3 is 5.97 Å². The van der Waals surface area contributed by atoms with Gasteiger partial charge in [-0.2, -0.15) is 0 Å². The minimum Gasteiger partial charge on any atom is -0.459 e. The molecule has 0 radical (unpaired) electrons. The molecule has 2 fully saturated rings. The first kappa shape index (κ1) is 17.7. The molecule has 3 rings (SSSR count). The number of nitro groups is 1. The molecule has 7 heteroatoms. The topological polar surface area (TPSA) is 81.9 Å². The summed E-state index contributed by atoms with van der Waals surface area (Å²) in [6.45, 7) is 2.51. The molecule has 0 aliphatic carbocycles. The average molecular weight is 348 g/mol. The summed E-state index contributed by atoms with van der Waals surface area (Å²) in [6, 6.07) is 4.62. The number of benzene rings is 1. The zero-order valence-electron chi connectivity index (χ0n) is 14.3. The van der Waals surface area contributed by atoms with E-state index in [1.54, 1.807) is 12.1 Å². The lowest BCUT2D eigenvalue weighted by Gasteiger charge is -2.22. The van der Waals surface area contributed by atoms with Gasteiger partial charge in [-0.05, 0) is 37.8 Å². The number of ether oxygens (including phenoxy) is 2. The van der Waals surface area contributed by atoms with Gasteiger partial charge in [0.2, 0.25) is 0 Å². The molecule has 2 saturated heterocycles. The van der Waals surface area contributed by atoms with Gasteiger partial charge < -0.3 is 14.4 Å². The van der Waals surface area contributed by atoms with Crippen molar-refractivity contribution in [3.05, 3.63) is 33.9 Å². The summed E-state index contributed by atoms with van der Waals surface area (Å²) in [6.07, 6.45) is 6.15. The molecule has 2 aliphatic rings. The molecule has 1 aromatic carbocycles. The third-order valence-corrected chi connectivity index (χ3v) is 4.78. The fraction of sp³-hybridized carbons (Fsp3) is 0.611. The maximum Gasteiger partial charge on any atom is 0.338 e. The standard InChI is InChI=1S/C18H24N2O5/c21-18(25-13-15-6-5-11-24-15)14-7-8-16(17(12-14)20(22)23)19-9-3-1-2-4-10-19/h7-8,12,15H,1-6,9-11,13H2/t15-/m1/s1. The number of esters is 1. The van der Waals surface area contributed by atoms with Crippen LogP contribution in [0, 0.1) is 10.1 Å². The molecule has 136 valence electrons. The molecule has 0 aromatic heterocycles. The van der Waals surface area contributed by atoms with Crippen molar-refractivity contribution >= 4 is 17.3 Å². The molecule has 1 aromatic rings. The number of anilines is 1. The first-order chi connectivity index (χ1) is 12.1. The highest BCUT2D eigenvalue weighted by molar-refractivity contribution is 5.91. The highest BCUT2D eigenvalue weighted by Crippen LogP contribution is 2.31. The van der Waals surface area contributed by atoms with Crippen LogP contribution in [0.15, 0.2) is 18.2 Å². The Hall–Kier alpha value is -2.15. The normalized spacial score (nSPS) is 21.0. The number of hydrogen-bond acceptors (Lipinski definition) is 6. The van der Waals surface area contributed by atoms with Crippen LogP contribution in [-0.2, 0) is 9.47 Å². The number of hydrogen-bond donors (Lipinski definition) is 0. The van der Waals surface area contributed by atoms with E-state index in [4.69, 9.17) is 9.47 Å². The smallest absolute Gasteiger partial charge is 0.338 e. The van der Waals surface area contributed by atoms with E-state index < -0.39 is 10.9 Å². The summed E-state index contributed by atoms with van der Waals surface area (Å²) in [7, 11) is 0. The number of nitro benzene ring substituents is 1. The zero-order valence-corrected chi connectivity index (χ0v) is 14.3. The Labute approximate surface area is 147 Å². The Morgan fingerprint density at radius 1 is 1.24 bits per heavy atom. The molecule has 0 N–H and O–H groups in total. The third-order valence-electron chi connectivity index (χ3n) is 4.78. The van der Waals surface area contributed by atoms with Gasteiger partial charge in [0, 0.05) is 25.8 Å². The molecule has 0 amide bonds. The van der Waals surface area contributed by atoms with Crippen molar-refractivity contribution in [2.75, 3.05) is 31.2 Å². The highest BCUT2D eigenvalue weighted by Gasteiger charge is 2.24. The summed E-state index contributed by atoms with van der Waals surface area (Å²) >= 11 is 0. The molecule has 2 aliphatic heterocycles. The van der Waals surface area contributed by atoms with E-state index >= 15 is 0 Å². The molecule has 2 heterocycles. The average Bonchev–Trinajstić information content (AvgIpc) is 2.99. The summed E-state index contributed by atoms with van der Waals surface area (Å²) in [5, 5.41) is 11.5. The largest absolute Gasteiger partial charge is 0.459 e. The van der Waals surface area contributed by atoms with Crippen molar-refractivity contribution in [1.82, 2.24) is 0 Å². The molecule has 0 spiro atoms. The number of nitrogens with zero attached hydrogens (tertiary/aromatic N) is 2. The molecule has 0 saturated carbocycles. The van der Waals surface area contributed by atoms with Crippen molar-refractivity contribution in [1.29, 1.82) is 0 Å². The number of rotatable bonds is 5. The fourth-order valence-electron chi connectivity index (χ4n) is 3.40. The Balaban J connectivity index is 1.73. The highest BCUT2D eigenvalue weighted by atomic mass is 16.6. The van der Waals surface area contributed by atoms with Gasteiger partial charge in [0.05, 0.1) is 16.6 Å². The summed E-state index contributed by atoms with van der Waals surface area (Å²) in [5.41, 5.74) is 0.763. The Bertz CT molecular complexity index is 620. The van der Waals surface area contributed by atoms with Crippen molar-refractivity contribution in [3.8, 4) is 0 Å². The predicted molar refractivity (Wildman–Crippen MR) is 93.0 cm³/mol. The number of carbonyl (C=O) groups excluding carboxylic acids is 1. The molecule has 7 nitrogen and oxygen atoms in total. The minimum atomic E-state index is -0.541. The van der Waals surface area contributed by atoms with Crippen LogP contribution in [0.1, 0.15) is 48.9 Å². The van der Waals surface area contributed by atoms with E-state index in [1.165, 1.54) is 6.07 Å². The van der Waals surface area contributed by atoms with Crippen LogP contribution in [0.4, 0.5) is 11.4 Å². The van der Waals surface area contributed by atoms with E-state index in [-0.39, 0.29) is 24.0 Å². The first-order valence-electron chi connectivity index (χ1n) is 8.97. The van der Waals surface area contributed by atoms with Crippen LogP contribution >= 0.6 is 0 Å². The van der Waals surface area contributed by atoms with E-state index in [0.717, 1.165) is 51.6 Å². The lowest BCUT2D eigenvalue weighted by atomic mass is 10.1. The van der Waals surface area contributed by atoms with Crippen LogP contribution in [0.5, 0.6) is 0 Å². The van der Waals surface area contributed by atoms with Gasteiger partial charge in [0.15, 0.2) is 0 Å². The minimum absolute atomic E-state index is 0.0338. The van der Waals surface area contributed by atoms with Gasteiger partial charge in [0.25, 0.3) is 5.69 Å². The number of carbonyl (C=O) groups is 1. The molecule has 0 unspecified atom stereocenters. The second-order valence-electron chi connectivity index (χ2n) is 6.60. The fourth-order valence-corrected chi connectivity index (χ4v) is 3.40. The van der Waals surface area contributed by atoms with E-state index in [0.29, 0.717) is 12.3 Å². The van der Waals surface area contributed by atoms with Gasteiger partial charge in [-0.1, -0.05) is 12.8 Å². The lowest BCUT2D eigenvalue weighted by Crippen LogP contribution is -2.25. The Morgan fingerprint density at radius 2 is 2.00 bits per heavy atom. The van der Waals surface area contributed by atoms with Gasteiger partial charge in [-0.15, -0.1) is 0 Å². The van der Waals surface area contributed by atoms with Crippen molar-refractivity contribution in [3.63, 3.8) is 0 Å². The maximum absolute atomic E-state index is 12.2. The monoisotopic (exact) mass is 348 g/mol. The van der Waals surface area contributed by atoms with Crippen LogP contribution in [0.3, 0.4) is 0 Å². The molecular weight excluding hydrogens is 324 g/mol. The summed E-state index contributed by atoms with van der Waals surface area (Å²) < 4.78 is 10.7. The summed E-state index contributed by atoms with van der Waals surface area (Å²) in [5.74, 6) is -0.541. The van der Waals surface area contributed by atoms with Gasteiger partial charge in [0.1, 0.15) is 12.3 Å². The van der Waals surface area contributed by atoms with E-state index in [1.807, 2.05) is 4.90 Å². The van der Waals surface area contributed by atoms with E-state index in [9.17, 15) is 14.9 Å². The second kappa shape index (κ2) is 8.29. The van der Waals surface area contributed by atoms with Gasteiger partial charge in [-0.25, -0.2) is 4.79 Å². The zero-order chi connectivity index (χ0) is 17.6. The Kier molecular flexibility index (Phi) is 5.86. The lowest BCUT2D eigenvalue weighted by molar-refractivity contribution is -0.384. The van der Waals surface area contributed by atoms with Crippen molar-refractivity contribution in [2.24, 2.45) is 0 Å². The predicted octanol–water partition coefficient (Wildman–Crippen LogP) is 3.31. The van der Waals surface area contributed by atoms with Crippen LogP contribution in [0.2, 0.25) is 0 Å². The third kappa shape index (κ3) is 4.48. The van der Waals surface area contributed by atoms with Crippen LogP contribution < -0.4 is 4.90 Å². The molecule has 1 atom stereocenters. The SMILES string of the molecule is O=C(OC[C@H]1CCCO1)c1ccc(N2CCCCCC2)c([N+](=O)[O-])c1. The van der Waals surface area contributed by atoms with Crippen LogP contribution in [0.25, 0.3) is 0 Å². The van der Waals surface area contributed by atoms with Crippen molar-refractivity contribution in [2.45, 2.75) is 44.6 Å². The Morgan fingerprint density at radius 3 is 2.64 bits per heavy atom. The molecule has 0 bridgehead atoms. The quantitative estimate of drug-likeness (QED) is 0.461. The first-order valence-corrected chi connectivity index (χ1v) is 8.97. The second-order valence-corrected chi connectivity index (χ2v) is 6.60. The van der Waals surface area contributed by atoms with Gasteiger partial charge in [-0.3, -0.25) is 10.1 Å². The van der Waals surface area contributed by atoms with E-state index in [2.05, 4.69) is 0 Å². The maximum atomic E-state index is 12.2. The van der Waals surface area contributed by atoms with Crippen LogP contribution in [-0.4, -0.2) is 43.3 Å². The van der Waals surface area contributed by atoms with Crippen molar-refractivity contribution < 1.29 is 19.2 Å².